The van der Waals surface area contributed by atoms with E-state index in [4.69, 9.17) is 11.1 Å². The summed E-state index contributed by atoms with van der Waals surface area (Å²) >= 11 is 1.90. The van der Waals surface area contributed by atoms with Crippen LogP contribution in [0.15, 0.2) is 48.1 Å². The Balaban J connectivity index is 1.13. The van der Waals surface area contributed by atoms with Gasteiger partial charge in [0.15, 0.2) is 0 Å². The predicted molar refractivity (Wildman–Crippen MR) is 142 cm³/mol. The molecule has 5 rings (SSSR count). The second kappa shape index (κ2) is 10.6. The minimum Gasteiger partial charge on any atom is -0.387 e. The number of likely N-dealkylation sites (tertiary alicyclic amines) is 2. The molecule has 2 aliphatic rings. The molecular weight excluding hydrogens is 454 g/mol. The number of thiophene rings is 1. The molecule has 0 aliphatic carbocycles. The van der Waals surface area contributed by atoms with Crippen LogP contribution >= 0.6 is 11.3 Å². The zero-order valence-electron chi connectivity index (χ0n) is 20.7. The second-order valence-corrected chi connectivity index (χ2v) is 11.5. The first-order valence-electron chi connectivity index (χ1n) is 12.6. The third kappa shape index (κ3) is 6.19. The number of nitrogens with zero attached hydrogens (tertiary/aromatic N) is 4. The largest absolute Gasteiger partial charge is 0.387 e. The first kappa shape index (κ1) is 24.2. The summed E-state index contributed by atoms with van der Waals surface area (Å²) in [7, 11) is 0. The number of aromatic amines is 1. The SMILES string of the molecule is Cc1ccsc1CN1CCC2(CCN(Cc3ccc(CN(CC(=N)N)Cc4ncc[nH]4)cc3)C2)C1. The van der Waals surface area contributed by atoms with Crippen LogP contribution in [-0.4, -0.2) is 63.2 Å². The smallest absolute Gasteiger partial charge is 0.120 e. The molecule has 1 aromatic carbocycles. The summed E-state index contributed by atoms with van der Waals surface area (Å²) in [4.78, 5) is 16.5. The molecule has 1 spiro atoms. The zero-order valence-corrected chi connectivity index (χ0v) is 21.5. The zero-order chi connectivity index (χ0) is 24.3. The number of hydrogen-bond acceptors (Lipinski definition) is 6. The van der Waals surface area contributed by atoms with Gasteiger partial charge in [0.1, 0.15) is 11.7 Å². The van der Waals surface area contributed by atoms with Crippen molar-refractivity contribution in [1.29, 1.82) is 5.41 Å². The second-order valence-electron chi connectivity index (χ2n) is 10.5. The van der Waals surface area contributed by atoms with Crippen molar-refractivity contribution in [3.05, 3.63) is 75.5 Å². The molecule has 2 aromatic heterocycles. The third-order valence-electron chi connectivity index (χ3n) is 7.53. The van der Waals surface area contributed by atoms with Crippen LogP contribution in [0.4, 0.5) is 0 Å². The van der Waals surface area contributed by atoms with Crippen molar-refractivity contribution in [2.75, 3.05) is 32.7 Å². The fraction of sp³-hybridized carbons (Fsp3) is 0.481. The summed E-state index contributed by atoms with van der Waals surface area (Å²) in [5.41, 5.74) is 10.2. The highest BCUT2D eigenvalue weighted by Gasteiger charge is 2.43. The van der Waals surface area contributed by atoms with E-state index in [9.17, 15) is 0 Å². The normalized spacial score (nSPS) is 21.0. The molecule has 1 atom stereocenters. The van der Waals surface area contributed by atoms with Crippen LogP contribution < -0.4 is 5.73 Å². The Labute approximate surface area is 212 Å². The molecule has 186 valence electrons. The lowest BCUT2D eigenvalue weighted by Gasteiger charge is -2.25. The Morgan fingerprint density at radius 1 is 1.09 bits per heavy atom. The van der Waals surface area contributed by atoms with Crippen molar-refractivity contribution < 1.29 is 0 Å². The van der Waals surface area contributed by atoms with Gasteiger partial charge in [-0.15, -0.1) is 11.3 Å². The van der Waals surface area contributed by atoms with Gasteiger partial charge in [-0.25, -0.2) is 4.98 Å². The molecule has 2 aliphatic heterocycles. The highest BCUT2D eigenvalue weighted by Crippen LogP contribution is 2.40. The number of nitrogens with one attached hydrogen (secondary N) is 2. The van der Waals surface area contributed by atoms with E-state index in [1.54, 1.807) is 6.20 Å². The summed E-state index contributed by atoms with van der Waals surface area (Å²) in [6, 6.07) is 11.2. The van der Waals surface area contributed by atoms with Gasteiger partial charge in [0.2, 0.25) is 0 Å². The molecule has 0 amide bonds. The lowest BCUT2D eigenvalue weighted by atomic mass is 9.86. The number of imidazole rings is 1. The molecule has 0 radical (unpaired) electrons. The minimum absolute atomic E-state index is 0.173. The maximum absolute atomic E-state index is 7.72. The molecule has 4 heterocycles. The summed E-state index contributed by atoms with van der Waals surface area (Å²) in [5, 5.41) is 9.94. The average Bonchev–Trinajstić information content (AvgIpc) is 3.62. The van der Waals surface area contributed by atoms with Crippen molar-refractivity contribution in [3.63, 3.8) is 0 Å². The first-order valence-corrected chi connectivity index (χ1v) is 13.4. The molecule has 7 nitrogen and oxygen atoms in total. The van der Waals surface area contributed by atoms with Gasteiger partial charge in [-0.05, 0) is 66.4 Å². The maximum atomic E-state index is 7.72. The number of aryl methyl sites for hydroxylation is 1. The Kier molecular flexibility index (Phi) is 7.34. The maximum Gasteiger partial charge on any atom is 0.120 e. The van der Waals surface area contributed by atoms with Gasteiger partial charge in [0.25, 0.3) is 0 Å². The summed E-state index contributed by atoms with van der Waals surface area (Å²) in [6.45, 7) is 11.1. The van der Waals surface area contributed by atoms with Crippen molar-refractivity contribution in [1.82, 2.24) is 24.7 Å². The fourth-order valence-electron chi connectivity index (χ4n) is 5.70. The quantitative estimate of drug-likeness (QED) is 0.296. The van der Waals surface area contributed by atoms with E-state index in [0.29, 0.717) is 18.5 Å². The molecule has 0 saturated carbocycles. The van der Waals surface area contributed by atoms with Crippen LogP contribution in [-0.2, 0) is 26.2 Å². The third-order valence-corrected chi connectivity index (χ3v) is 8.54. The number of H-pyrrole nitrogens is 1. The van der Waals surface area contributed by atoms with Crippen LogP contribution in [0.3, 0.4) is 0 Å². The van der Waals surface area contributed by atoms with E-state index < -0.39 is 0 Å². The summed E-state index contributed by atoms with van der Waals surface area (Å²) < 4.78 is 0. The van der Waals surface area contributed by atoms with E-state index in [-0.39, 0.29) is 5.84 Å². The Morgan fingerprint density at radius 3 is 2.43 bits per heavy atom. The molecule has 3 aromatic rings. The van der Waals surface area contributed by atoms with E-state index in [2.05, 4.69) is 67.3 Å². The number of nitrogens with two attached hydrogens (primary N) is 1. The van der Waals surface area contributed by atoms with Crippen LogP contribution in [0, 0.1) is 17.7 Å². The lowest BCUT2D eigenvalue weighted by molar-refractivity contribution is 0.235. The molecule has 4 N–H and O–H groups in total. The highest BCUT2D eigenvalue weighted by atomic mass is 32.1. The fourth-order valence-corrected chi connectivity index (χ4v) is 6.65. The van der Waals surface area contributed by atoms with Gasteiger partial charge in [0, 0.05) is 50.0 Å². The predicted octanol–water partition coefficient (Wildman–Crippen LogP) is 3.82. The van der Waals surface area contributed by atoms with Crippen LogP contribution in [0.5, 0.6) is 0 Å². The molecule has 0 bridgehead atoms. The molecular formula is C27H37N7S. The standard InChI is InChI=1S/C27H37N7S/c1-21-6-13-35-24(21)16-33-12-8-27(20-33)7-11-32(19-27)14-22-2-4-23(5-3-22)15-34(17-25(28)29)18-26-30-9-10-31-26/h2-6,9-10,13H,7-8,11-12,14-20H2,1H3,(H3,28,29)(H,30,31). The van der Waals surface area contributed by atoms with Crippen molar-refractivity contribution >= 4 is 17.2 Å². The topological polar surface area (TPSA) is 88.3 Å². The van der Waals surface area contributed by atoms with Crippen LogP contribution in [0.2, 0.25) is 0 Å². The average molecular weight is 492 g/mol. The molecule has 35 heavy (non-hydrogen) atoms. The summed E-state index contributed by atoms with van der Waals surface area (Å²) in [6.07, 6.45) is 6.23. The number of aromatic nitrogens is 2. The number of rotatable bonds is 10. The van der Waals surface area contributed by atoms with Crippen molar-refractivity contribution in [2.24, 2.45) is 11.1 Å². The molecule has 2 saturated heterocycles. The molecule has 2 fully saturated rings. The number of benzene rings is 1. The Hall–Kier alpha value is -2.52. The van der Waals surface area contributed by atoms with Gasteiger partial charge in [-0.3, -0.25) is 20.1 Å². The van der Waals surface area contributed by atoms with Gasteiger partial charge >= 0.3 is 0 Å². The first-order chi connectivity index (χ1) is 17.0. The van der Waals surface area contributed by atoms with E-state index in [0.717, 1.165) is 25.5 Å². The Bertz CT molecular complexity index is 1110. The summed E-state index contributed by atoms with van der Waals surface area (Å²) in [5.74, 6) is 1.06. The number of amidine groups is 1. The van der Waals surface area contributed by atoms with E-state index in [1.807, 2.05) is 17.5 Å². The van der Waals surface area contributed by atoms with Crippen LogP contribution in [0.1, 0.15) is 40.2 Å². The molecule has 8 heteroatoms. The Morgan fingerprint density at radius 2 is 1.80 bits per heavy atom. The van der Waals surface area contributed by atoms with Gasteiger partial charge in [-0.2, -0.15) is 0 Å². The highest BCUT2D eigenvalue weighted by molar-refractivity contribution is 7.10. The van der Waals surface area contributed by atoms with Crippen molar-refractivity contribution in [3.8, 4) is 0 Å². The van der Waals surface area contributed by atoms with E-state index in [1.165, 1.54) is 60.6 Å². The monoisotopic (exact) mass is 491 g/mol. The van der Waals surface area contributed by atoms with E-state index >= 15 is 0 Å². The lowest BCUT2D eigenvalue weighted by Crippen LogP contribution is -2.33. The van der Waals surface area contributed by atoms with Crippen LogP contribution in [0.25, 0.3) is 0 Å². The van der Waals surface area contributed by atoms with Gasteiger partial charge in [0.05, 0.1) is 13.1 Å². The van der Waals surface area contributed by atoms with Gasteiger partial charge in [-0.1, -0.05) is 24.3 Å². The van der Waals surface area contributed by atoms with Gasteiger partial charge < -0.3 is 10.7 Å². The molecule has 1 unspecified atom stereocenters. The number of hydrogen-bond donors (Lipinski definition) is 3. The van der Waals surface area contributed by atoms with Crippen molar-refractivity contribution in [2.45, 2.75) is 45.9 Å². The minimum atomic E-state index is 0.173.